The Bertz CT molecular complexity index is 1610. The normalized spacial score (nSPS) is 16.4. The Labute approximate surface area is 222 Å². The maximum Gasteiger partial charge on any atom is 0.125 e. The number of halogens is 1. The van der Waals surface area contributed by atoms with Crippen LogP contribution in [0.25, 0.3) is 33.5 Å². The van der Waals surface area contributed by atoms with Gasteiger partial charge in [0.1, 0.15) is 5.82 Å². The van der Waals surface area contributed by atoms with E-state index in [-0.39, 0.29) is 11.2 Å². The highest BCUT2D eigenvalue weighted by molar-refractivity contribution is 5.86. The molecule has 4 aromatic carbocycles. The third-order valence-electron chi connectivity index (χ3n) is 8.24. The number of aromatic nitrogens is 2. The zero-order valence-electron chi connectivity index (χ0n) is 21.2. The summed E-state index contributed by atoms with van der Waals surface area (Å²) in [5.74, 6) is -0.306. The molecule has 0 atom stereocenters. The molecule has 5 heteroatoms. The van der Waals surface area contributed by atoms with Gasteiger partial charge < -0.3 is 5.32 Å². The number of fused-ring (bicyclic) bond motifs is 3. The molecule has 0 amide bonds. The van der Waals surface area contributed by atoms with Crippen LogP contribution in [0, 0.1) is 5.82 Å². The molecule has 4 nitrogen and oxygen atoms in total. The van der Waals surface area contributed by atoms with Crippen LogP contribution >= 0.6 is 0 Å². The molecular weight excluding hydrogens is 471 g/mol. The minimum atomic E-state index is -0.306. The van der Waals surface area contributed by atoms with Crippen LogP contribution in [0.15, 0.2) is 97.1 Å². The van der Waals surface area contributed by atoms with Gasteiger partial charge in [-0.05, 0) is 55.3 Å². The average molecular weight is 501 g/mol. The summed E-state index contributed by atoms with van der Waals surface area (Å²) < 4.78 is 13.9. The molecule has 0 radical (unpaired) electrons. The number of anilines is 1. The molecule has 0 unspecified atom stereocenters. The van der Waals surface area contributed by atoms with Crippen molar-refractivity contribution in [1.82, 2.24) is 14.9 Å². The summed E-state index contributed by atoms with van der Waals surface area (Å²) in [5.41, 5.74) is 9.20. The molecule has 0 saturated carbocycles. The SMILES string of the molecule is Fc1ccc2nc(-c3ccc(CN4CCC5(CC4)CNc4ccccc45)cc3)c(-c3ccccc3)nc2c1. The quantitative estimate of drug-likeness (QED) is 0.287. The molecule has 1 aromatic heterocycles. The lowest BCUT2D eigenvalue weighted by atomic mass is 9.74. The Morgan fingerprint density at radius 1 is 0.737 bits per heavy atom. The molecule has 2 aliphatic rings. The van der Waals surface area contributed by atoms with E-state index >= 15 is 0 Å². The summed E-state index contributed by atoms with van der Waals surface area (Å²) in [6.07, 6.45) is 2.37. The number of hydrogen-bond acceptors (Lipinski definition) is 4. The molecule has 38 heavy (non-hydrogen) atoms. The van der Waals surface area contributed by atoms with Crippen LogP contribution in [0.1, 0.15) is 24.0 Å². The fraction of sp³-hybridized carbons (Fsp3) is 0.212. The second-order valence-corrected chi connectivity index (χ2v) is 10.6. The van der Waals surface area contributed by atoms with Crippen molar-refractivity contribution >= 4 is 16.7 Å². The van der Waals surface area contributed by atoms with Gasteiger partial charge in [-0.3, -0.25) is 4.90 Å². The zero-order valence-corrected chi connectivity index (χ0v) is 21.2. The second kappa shape index (κ2) is 9.34. The van der Waals surface area contributed by atoms with E-state index in [1.165, 1.54) is 41.8 Å². The number of hydrogen-bond donors (Lipinski definition) is 1. The smallest absolute Gasteiger partial charge is 0.125 e. The molecule has 1 saturated heterocycles. The van der Waals surface area contributed by atoms with E-state index in [0.29, 0.717) is 11.0 Å². The summed E-state index contributed by atoms with van der Waals surface area (Å²) >= 11 is 0. The van der Waals surface area contributed by atoms with Crippen LogP contribution in [-0.2, 0) is 12.0 Å². The van der Waals surface area contributed by atoms with Crippen molar-refractivity contribution in [2.24, 2.45) is 0 Å². The lowest BCUT2D eigenvalue weighted by molar-refractivity contribution is 0.162. The molecule has 1 fully saturated rings. The van der Waals surface area contributed by atoms with Crippen LogP contribution in [0.2, 0.25) is 0 Å². The van der Waals surface area contributed by atoms with Gasteiger partial charge in [0.2, 0.25) is 0 Å². The number of nitrogens with one attached hydrogen (secondary N) is 1. The van der Waals surface area contributed by atoms with Gasteiger partial charge in [0.25, 0.3) is 0 Å². The molecule has 1 spiro atoms. The second-order valence-electron chi connectivity index (χ2n) is 10.6. The first-order valence-corrected chi connectivity index (χ1v) is 13.3. The number of rotatable bonds is 4. The van der Waals surface area contributed by atoms with E-state index in [2.05, 4.69) is 58.7 Å². The minimum absolute atomic E-state index is 0.280. The van der Waals surface area contributed by atoms with Gasteiger partial charge in [0, 0.05) is 41.4 Å². The summed E-state index contributed by atoms with van der Waals surface area (Å²) in [6, 6.07) is 32.1. The van der Waals surface area contributed by atoms with Gasteiger partial charge in [0.05, 0.1) is 22.4 Å². The summed E-state index contributed by atoms with van der Waals surface area (Å²) in [7, 11) is 0. The van der Waals surface area contributed by atoms with Crippen molar-refractivity contribution in [2.75, 3.05) is 25.0 Å². The van der Waals surface area contributed by atoms with E-state index < -0.39 is 0 Å². The highest BCUT2D eigenvalue weighted by Crippen LogP contribution is 2.44. The highest BCUT2D eigenvalue weighted by atomic mass is 19.1. The first-order chi connectivity index (χ1) is 18.7. The topological polar surface area (TPSA) is 41.1 Å². The largest absolute Gasteiger partial charge is 0.384 e. The lowest BCUT2D eigenvalue weighted by Gasteiger charge is -2.39. The standard InChI is InChI=1S/C33H29FN4/c34-26-14-15-29-30(20-26)37-31(24-6-2-1-3-7-24)32(36-29)25-12-10-23(11-13-25)21-38-18-16-33(17-19-38)22-35-28-9-5-4-8-27(28)33/h1-15,20,35H,16-19,21-22H2. The fourth-order valence-electron chi connectivity index (χ4n) is 6.10. The van der Waals surface area contributed by atoms with Crippen molar-refractivity contribution in [3.63, 3.8) is 0 Å². The summed E-state index contributed by atoms with van der Waals surface area (Å²) in [5, 5.41) is 3.63. The monoisotopic (exact) mass is 500 g/mol. The van der Waals surface area contributed by atoms with Crippen LogP contribution in [0.4, 0.5) is 10.1 Å². The lowest BCUT2D eigenvalue weighted by Crippen LogP contribution is -2.43. The Kier molecular flexibility index (Phi) is 5.67. The number of piperidine rings is 1. The van der Waals surface area contributed by atoms with Crippen molar-refractivity contribution in [3.8, 4) is 22.5 Å². The van der Waals surface area contributed by atoms with E-state index in [1.807, 2.05) is 30.3 Å². The van der Waals surface area contributed by atoms with Gasteiger partial charge in [-0.1, -0.05) is 72.8 Å². The third-order valence-corrected chi connectivity index (χ3v) is 8.24. The number of nitrogens with zero attached hydrogens (tertiary/aromatic N) is 3. The molecule has 3 heterocycles. The summed E-state index contributed by atoms with van der Waals surface area (Å²) in [6.45, 7) is 4.20. The highest BCUT2D eigenvalue weighted by Gasteiger charge is 2.41. The summed E-state index contributed by atoms with van der Waals surface area (Å²) in [4.78, 5) is 12.3. The molecule has 0 aliphatic carbocycles. The first-order valence-electron chi connectivity index (χ1n) is 13.3. The Balaban J connectivity index is 1.12. The molecule has 5 aromatic rings. The van der Waals surface area contributed by atoms with Crippen molar-refractivity contribution in [2.45, 2.75) is 24.8 Å². The third kappa shape index (κ3) is 4.13. The number of likely N-dealkylation sites (tertiary alicyclic amines) is 1. The van der Waals surface area contributed by atoms with Crippen molar-refractivity contribution in [3.05, 3.63) is 114 Å². The maximum absolute atomic E-state index is 13.9. The Morgan fingerprint density at radius 3 is 2.21 bits per heavy atom. The van der Waals surface area contributed by atoms with Crippen LogP contribution in [0.3, 0.4) is 0 Å². The zero-order chi connectivity index (χ0) is 25.5. The van der Waals surface area contributed by atoms with Crippen LogP contribution in [0.5, 0.6) is 0 Å². The van der Waals surface area contributed by atoms with Crippen LogP contribution < -0.4 is 5.32 Å². The van der Waals surface area contributed by atoms with E-state index in [1.54, 1.807) is 6.07 Å². The molecule has 7 rings (SSSR count). The molecule has 1 N–H and O–H groups in total. The van der Waals surface area contributed by atoms with Crippen molar-refractivity contribution in [1.29, 1.82) is 0 Å². The molecule has 0 bridgehead atoms. The van der Waals surface area contributed by atoms with Gasteiger partial charge in [-0.25, -0.2) is 14.4 Å². The fourth-order valence-corrected chi connectivity index (χ4v) is 6.10. The Morgan fingerprint density at radius 2 is 1.42 bits per heavy atom. The van der Waals surface area contributed by atoms with E-state index in [9.17, 15) is 4.39 Å². The average Bonchev–Trinajstić information content (AvgIpc) is 3.32. The molecule has 188 valence electrons. The van der Waals surface area contributed by atoms with E-state index in [4.69, 9.17) is 9.97 Å². The van der Waals surface area contributed by atoms with Gasteiger partial charge in [-0.2, -0.15) is 0 Å². The first kappa shape index (κ1) is 23.1. The number of benzene rings is 4. The van der Waals surface area contributed by atoms with Gasteiger partial charge >= 0.3 is 0 Å². The maximum atomic E-state index is 13.9. The van der Waals surface area contributed by atoms with Gasteiger partial charge in [0.15, 0.2) is 0 Å². The van der Waals surface area contributed by atoms with Crippen LogP contribution in [-0.4, -0.2) is 34.5 Å². The molecule has 2 aliphatic heterocycles. The number of para-hydroxylation sites is 1. The van der Waals surface area contributed by atoms with Crippen molar-refractivity contribution < 1.29 is 4.39 Å². The minimum Gasteiger partial charge on any atom is -0.384 e. The molecular formula is C33H29FN4. The van der Waals surface area contributed by atoms with E-state index in [0.717, 1.165) is 48.7 Å². The van der Waals surface area contributed by atoms with Gasteiger partial charge in [-0.15, -0.1) is 0 Å². The Hall–Kier alpha value is -4.09. The predicted octanol–water partition coefficient (Wildman–Crippen LogP) is 7.06. The predicted molar refractivity (Wildman–Crippen MR) is 151 cm³/mol.